The lowest BCUT2D eigenvalue weighted by atomic mass is 10.2. The molecule has 2 heterocycles. The number of ether oxygens (including phenoxy) is 1. The Morgan fingerprint density at radius 3 is 2.67 bits per heavy atom. The fraction of sp³-hybridized carbons (Fsp3) is 0.294. The molecule has 0 aliphatic carbocycles. The van der Waals surface area contributed by atoms with Crippen molar-refractivity contribution in [2.45, 2.75) is 18.9 Å². The third kappa shape index (κ3) is 4.60. The fourth-order valence-corrected chi connectivity index (χ4v) is 3.02. The van der Waals surface area contributed by atoms with Crippen molar-refractivity contribution < 1.29 is 9.53 Å². The minimum Gasteiger partial charge on any atom is -0.376 e. The number of carbonyl (C=O) groups excluding carboxylic acids is 1. The Morgan fingerprint density at radius 2 is 2.04 bits per heavy atom. The van der Waals surface area contributed by atoms with Gasteiger partial charge in [0.2, 0.25) is 0 Å². The summed E-state index contributed by atoms with van der Waals surface area (Å²) in [5, 5.41) is 7.04. The summed E-state index contributed by atoms with van der Waals surface area (Å²) in [6.45, 7) is 1.30. The smallest absolute Gasteiger partial charge is 0.252 e. The lowest BCUT2D eigenvalue weighted by Crippen LogP contribution is -2.31. The maximum Gasteiger partial charge on any atom is 0.252 e. The molecule has 1 fully saturated rings. The SMILES string of the molecule is O=C(NCC1CCCO1)c1ccc(Nc2cc(Cl)cc(Cl)c2)nc1. The van der Waals surface area contributed by atoms with Gasteiger partial charge in [-0.2, -0.15) is 0 Å². The van der Waals surface area contributed by atoms with Crippen molar-refractivity contribution >= 4 is 40.6 Å². The van der Waals surface area contributed by atoms with Crippen LogP contribution in [0, 0.1) is 0 Å². The molecule has 126 valence electrons. The minimum atomic E-state index is -0.157. The Labute approximate surface area is 150 Å². The monoisotopic (exact) mass is 365 g/mol. The van der Waals surface area contributed by atoms with Gasteiger partial charge in [0, 0.05) is 35.1 Å². The zero-order valence-electron chi connectivity index (χ0n) is 12.9. The first-order valence-electron chi connectivity index (χ1n) is 7.69. The number of nitrogens with one attached hydrogen (secondary N) is 2. The largest absolute Gasteiger partial charge is 0.376 e. The summed E-state index contributed by atoms with van der Waals surface area (Å²) in [6.07, 6.45) is 3.69. The van der Waals surface area contributed by atoms with Gasteiger partial charge in [-0.15, -0.1) is 0 Å². The van der Waals surface area contributed by atoms with Gasteiger partial charge >= 0.3 is 0 Å². The van der Waals surface area contributed by atoms with Crippen LogP contribution in [0.15, 0.2) is 36.5 Å². The molecule has 1 amide bonds. The molecule has 0 bridgehead atoms. The second kappa shape index (κ2) is 7.83. The third-order valence-electron chi connectivity index (χ3n) is 3.67. The number of anilines is 2. The molecular formula is C17H17Cl2N3O2. The molecular weight excluding hydrogens is 349 g/mol. The number of halogens is 2. The molecule has 2 N–H and O–H groups in total. The Balaban J connectivity index is 1.59. The third-order valence-corrected chi connectivity index (χ3v) is 4.11. The van der Waals surface area contributed by atoms with Crippen LogP contribution in [-0.2, 0) is 4.74 Å². The van der Waals surface area contributed by atoms with E-state index >= 15 is 0 Å². The van der Waals surface area contributed by atoms with Gasteiger partial charge in [-0.25, -0.2) is 4.98 Å². The molecule has 1 aromatic heterocycles. The molecule has 0 radical (unpaired) electrons. The average molecular weight is 366 g/mol. The lowest BCUT2D eigenvalue weighted by Gasteiger charge is -2.11. The highest BCUT2D eigenvalue weighted by Gasteiger charge is 2.16. The van der Waals surface area contributed by atoms with Gasteiger partial charge in [-0.05, 0) is 43.2 Å². The molecule has 1 aliphatic heterocycles. The molecule has 7 heteroatoms. The zero-order valence-corrected chi connectivity index (χ0v) is 14.4. The predicted molar refractivity (Wildman–Crippen MR) is 95.3 cm³/mol. The van der Waals surface area contributed by atoms with Gasteiger partial charge in [-0.3, -0.25) is 4.79 Å². The van der Waals surface area contributed by atoms with E-state index in [1.165, 1.54) is 6.20 Å². The second-order valence-electron chi connectivity index (χ2n) is 5.56. The average Bonchev–Trinajstić information content (AvgIpc) is 3.06. The van der Waals surface area contributed by atoms with Crippen molar-refractivity contribution in [1.29, 1.82) is 0 Å². The van der Waals surface area contributed by atoms with E-state index in [-0.39, 0.29) is 12.0 Å². The topological polar surface area (TPSA) is 63.2 Å². The van der Waals surface area contributed by atoms with Crippen LogP contribution in [0.2, 0.25) is 10.0 Å². The number of pyridine rings is 1. The van der Waals surface area contributed by atoms with E-state index in [9.17, 15) is 4.79 Å². The van der Waals surface area contributed by atoms with Gasteiger partial charge in [-0.1, -0.05) is 23.2 Å². The molecule has 1 aromatic carbocycles. The zero-order chi connectivity index (χ0) is 16.9. The van der Waals surface area contributed by atoms with Crippen LogP contribution in [-0.4, -0.2) is 30.1 Å². The summed E-state index contributed by atoms with van der Waals surface area (Å²) < 4.78 is 5.48. The van der Waals surface area contributed by atoms with Crippen LogP contribution in [0.5, 0.6) is 0 Å². The first kappa shape index (κ1) is 17.0. The van der Waals surface area contributed by atoms with Gasteiger partial charge in [0.25, 0.3) is 5.91 Å². The van der Waals surface area contributed by atoms with Crippen molar-refractivity contribution in [2.75, 3.05) is 18.5 Å². The Kier molecular flexibility index (Phi) is 5.56. The van der Waals surface area contributed by atoms with Crippen LogP contribution in [0.3, 0.4) is 0 Å². The number of aromatic nitrogens is 1. The molecule has 3 rings (SSSR count). The van der Waals surface area contributed by atoms with Crippen LogP contribution in [0.4, 0.5) is 11.5 Å². The van der Waals surface area contributed by atoms with Crippen molar-refractivity contribution in [3.8, 4) is 0 Å². The van der Waals surface area contributed by atoms with Crippen molar-refractivity contribution in [3.63, 3.8) is 0 Å². The van der Waals surface area contributed by atoms with E-state index in [1.807, 2.05) is 0 Å². The minimum absolute atomic E-state index is 0.121. The lowest BCUT2D eigenvalue weighted by molar-refractivity contribution is 0.0857. The summed E-state index contributed by atoms with van der Waals surface area (Å²) >= 11 is 11.9. The van der Waals surface area contributed by atoms with Gasteiger partial charge in [0.15, 0.2) is 0 Å². The maximum atomic E-state index is 12.1. The summed E-state index contributed by atoms with van der Waals surface area (Å²) in [5.74, 6) is 0.444. The highest BCUT2D eigenvalue weighted by Crippen LogP contribution is 2.24. The molecule has 1 saturated heterocycles. The first-order chi connectivity index (χ1) is 11.6. The Bertz CT molecular complexity index is 696. The Morgan fingerprint density at radius 1 is 1.25 bits per heavy atom. The van der Waals surface area contributed by atoms with Crippen LogP contribution < -0.4 is 10.6 Å². The van der Waals surface area contributed by atoms with E-state index in [4.69, 9.17) is 27.9 Å². The number of rotatable bonds is 5. The normalized spacial score (nSPS) is 16.8. The number of benzene rings is 1. The molecule has 1 aliphatic rings. The number of hydrogen-bond acceptors (Lipinski definition) is 4. The van der Waals surface area contributed by atoms with Crippen molar-refractivity contribution in [2.24, 2.45) is 0 Å². The van der Waals surface area contributed by atoms with Gasteiger partial charge in [0.05, 0.1) is 11.7 Å². The first-order valence-corrected chi connectivity index (χ1v) is 8.45. The standard InChI is InChI=1S/C17H17Cl2N3O2/c18-12-6-13(19)8-14(7-12)22-16-4-3-11(9-20-16)17(23)21-10-15-2-1-5-24-15/h3-4,6-9,15H,1-2,5,10H2,(H,20,22)(H,21,23). The number of carbonyl (C=O) groups is 1. The van der Waals surface area contributed by atoms with Crippen molar-refractivity contribution in [1.82, 2.24) is 10.3 Å². The van der Waals surface area contributed by atoms with Crippen LogP contribution in [0.1, 0.15) is 23.2 Å². The molecule has 5 nitrogen and oxygen atoms in total. The molecule has 0 spiro atoms. The van der Waals surface area contributed by atoms with Crippen molar-refractivity contribution in [3.05, 3.63) is 52.1 Å². The number of hydrogen-bond donors (Lipinski definition) is 2. The Hall–Kier alpha value is -1.82. The van der Waals surface area contributed by atoms with Crippen LogP contribution >= 0.6 is 23.2 Å². The summed E-state index contributed by atoms with van der Waals surface area (Å²) in [4.78, 5) is 16.3. The van der Waals surface area contributed by atoms with E-state index in [1.54, 1.807) is 30.3 Å². The molecule has 24 heavy (non-hydrogen) atoms. The second-order valence-corrected chi connectivity index (χ2v) is 6.43. The maximum absolute atomic E-state index is 12.1. The highest BCUT2D eigenvalue weighted by atomic mass is 35.5. The van der Waals surface area contributed by atoms with E-state index in [2.05, 4.69) is 15.6 Å². The fourth-order valence-electron chi connectivity index (χ4n) is 2.49. The predicted octanol–water partition coefficient (Wildman–Crippen LogP) is 4.04. The molecule has 1 atom stereocenters. The highest BCUT2D eigenvalue weighted by molar-refractivity contribution is 6.35. The molecule has 1 unspecified atom stereocenters. The van der Waals surface area contributed by atoms with E-state index in [0.29, 0.717) is 28.0 Å². The van der Waals surface area contributed by atoms with Gasteiger partial charge < -0.3 is 15.4 Å². The van der Waals surface area contributed by atoms with Gasteiger partial charge in [0.1, 0.15) is 5.82 Å². The summed E-state index contributed by atoms with van der Waals surface area (Å²) in [5.41, 5.74) is 1.23. The van der Waals surface area contributed by atoms with E-state index < -0.39 is 0 Å². The quantitative estimate of drug-likeness (QED) is 0.838. The number of nitrogens with zero attached hydrogens (tertiary/aromatic N) is 1. The summed E-state index contributed by atoms with van der Waals surface area (Å²) in [7, 11) is 0. The van der Waals surface area contributed by atoms with E-state index in [0.717, 1.165) is 25.1 Å². The molecule has 0 saturated carbocycles. The van der Waals surface area contributed by atoms with Crippen LogP contribution in [0.25, 0.3) is 0 Å². The molecule has 2 aromatic rings. The number of amides is 1. The summed E-state index contributed by atoms with van der Waals surface area (Å²) in [6, 6.07) is 8.60.